The smallest absolute Gasteiger partial charge is 0.250 e. The highest BCUT2D eigenvalue weighted by atomic mass is 28.4. The summed E-state index contributed by atoms with van der Waals surface area (Å²) in [5.74, 6) is 1.78. The summed E-state index contributed by atoms with van der Waals surface area (Å²) in [7, 11) is -1.90. The molecule has 0 bridgehead atoms. The van der Waals surface area contributed by atoms with Gasteiger partial charge in [0, 0.05) is 0 Å². The predicted molar refractivity (Wildman–Crippen MR) is 151 cm³/mol. The molecule has 0 aliphatic carbocycles. The summed E-state index contributed by atoms with van der Waals surface area (Å²) < 4.78 is 12.4. The Hall–Kier alpha value is -1.82. The standard InChI is InChI=1S/C31H48NO3Si/c1-9-10-11-12-13-24-34-27-18-14-25(15-19-27)30(5)22-23-31(6,32(30)33)26-16-20-28(21-17-26)35-36(7,8)29(2,3)4/h14-21H,9-13,22-24H2,1-8H3/t30-,31-/m0/s1. The average molecular weight is 511 g/mol. The zero-order valence-corrected chi connectivity index (χ0v) is 24.9. The lowest BCUT2D eigenvalue weighted by Crippen LogP contribution is -2.45. The van der Waals surface area contributed by atoms with Crippen molar-refractivity contribution in [3.8, 4) is 11.5 Å². The third-order valence-corrected chi connectivity index (χ3v) is 13.0. The van der Waals surface area contributed by atoms with Crippen LogP contribution >= 0.6 is 0 Å². The highest BCUT2D eigenvalue weighted by Gasteiger charge is 2.52. The van der Waals surface area contributed by atoms with Crippen LogP contribution in [0.5, 0.6) is 11.5 Å². The quantitative estimate of drug-likeness (QED) is 0.224. The van der Waals surface area contributed by atoms with Gasteiger partial charge >= 0.3 is 0 Å². The summed E-state index contributed by atoms with van der Waals surface area (Å²) in [6.07, 6.45) is 7.77. The van der Waals surface area contributed by atoms with E-state index in [4.69, 9.17) is 9.16 Å². The van der Waals surface area contributed by atoms with E-state index in [2.05, 4.69) is 78.9 Å². The molecule has 1 aliphatic rings. The molecule has 0 saturated carbocycles. The fraction of sp³-hybridized carbons (Fsp3) is 0.613. The molecule has 0 unspecified atom stereocenters. The second-order valence-electron chi connectivity index (χ2n) is 12.5. The molecule has 36 heavy (non-hydrogen) atoms. The van der Waals surface area contributed by atoms with Gasteiger partial charge in [0.25, 0.3) is 0 Å². The maximum atomic E-state index is 13.8. The van der Waals surface area contributed by atoms with Crippen molar-refractivity contribution in [3.05, 3.63) is 59.7 Å². The van der Waals surface area contributed by atoms with Crippen molar-refractivity contribution >= 4 is 8.32 Å². The fourth-order valence-electron chi connectivity index (χ4n) is 4.89. The van der Waals surface area contributed by atoms with Crippen LogP contribution in [0, 0.1) is 0 Å². The summed E-state index contributed by atoms with van der Waals surface area (Å²) in [6, 6.07) is 16.4. The number of unbranched alkanes of at least 4 members (excludes halogenated alkanes) is 4. The molecule has 1 fully saturated rings. The minimum absolute atomic E-state index is 0.145. The molecule has 0 N–H and O–H groups in total. The summed E-state index contributed by atoms with van der Waals surface area (Å²) in [4.78, 5) is 0. The van der Waals surface area contributed by atoms with Crippen LogP contribution in [0.1, 0.15) is 97.6 Å². The normalized spacial score (nSPS) is 23.1. The van der Waals surface area contributed by atoms with Crippen LogP contribution in [0.15, 0.2) is 48.5 Å². The number of hydroxylamine groups is 2. The van der Waals surface area contributed by atoms with E-state index in [1.807, 2.05) is 24.3 Å². The fourth-order valence-corrected chi connectivity index (χ4v) is 5.92. The maximum absolute atomic E-state index is 13.8. The molecule has 2 atom stereocenters. The first kappa shape index (κ1) is 28.7. The van der Waals surface area contributed by atoms with Gasteiger partial charge in [0.1, 0.15) is 11.5 Å². The SMILES string of the molecule is CCCCCCCOc1ccc([C@]2(C)CC[C@@](C)(c3ccc(O[Si](C)(C)C(C)(C)C)cc3)N2[O])cc1. The molecule has 5 heteroatoms. The van der Waals surface area contributed by atoms with Gasteiger partial charge in [0.2, 0.25) is 8.32 Å². The molecule has 2 aromatic carbocycles. The van der Waals surface area contributed by atoms with Gasteiger partial charge in [0.05, 0.1) is 17.7 Å². The third kappa shape index (κ3) is 6.17. The van der Waals surface area contributed by atoms with E-state index in [1.54, 1.807) is 0 Å². The van der Waals surface area contributed by atoms with Gasteiger partial charge in [-0.05, 0) is 86.6 Å². The first-order valence-electron chi connectivity index (χ1n) is 13.8. The molecular formula is C31H48NO3Si. The van der Waals surface area contributed by atoms with Gasteiger partial charge in [0.15, 0.2) is 0 Å². The lowest BCUT2D eigenvalue weighted by Gasteiger charge is -2.38. The lowest BCUT2D eigenvalue weighted by molar-refractivity contribution is -0.260. The van der Waals surface area contributed by atoms with E-state index in [0.717, 1.165) is 48.5 Å². The van der Waals surface area contributed by atoms with Crippen molar-refractivity contribution in [3.63, 3.8) is 0 Å². The van der Waals surface area contributed by atoms with Crippen LogP contribution in [0.3, 0.4) is 0 Å². The van der Waals surface area contributed by atoms with Crippen molar-refractivity contribution in [1.82, 2.24) is 5.06 Å². The molecule has 1 heterocycles. The molecule has 1 saturated heterocycles. The van der Waals surface area contributed by atoms with Crippen LogP contribution in [0.2, 0.25) is 18.1 Å². The van der Waals surface area contributed by atoms with Gasteiger partial charge < -0.3 is 9.16 Å². The van der Waals surface area contributed by atoms with E-state index < -0.39 is 19.4 Å². The van der Waals surface area contributed by atoms with E-state index in [9.17, 15) is 5.21 Å². The van der Waals surface area contributed by atoms with E-state index in [0.29, 0.717) is 0 Å². The van der Waals surface area contributed by atoms with E-state index in [1.165, 1.54) is 30.7 Å². The van der Waals surface area contributed by atoms with E-state index >= 15 is 0 Å². The van der Waals surface area contributed by atoms with Crippen LogP contribution in [0.4, 0.5) is 0 Å². The highest BCUT2D eigenvalue weighted by Crippen LogP contribution is 2.51. The molecular weight excluding hydrogens is 462 g/mol. The second-order valence-corrected chi connectivity index (χ2v) is 17.2. The number of ether oxygens (including phenoxy) is 1. The Bertz CT molecular complexity index is 967. The predicted octanol–water partition coefficient (Wildman–Crippen LogP) is 8.99. The molecule has 3 rings (SSSR count). The minimum atomic E-state index is -1.90. The van der Waals surface area contributed by atoms with Crippen LogP contribution in [-0.2, 0) is 16.3 Å². The number of hydrogen-bond acceptors (Lipinski definition) is 3. The lowest BCUT2D eigenvalue weighted by atomic mass is 9.89. The topological polar surface area (TPSA) is 41.6 Å². The Morgan fingerprint density at radius 1 is 0.806 bits per heavy atom. The van der Waals surface area contributed by atoms with Gasteiger partial charge in [-0.3, -0.25) is 0 Å². The molecule has 1 aliphatic heterocycles. The second kappa shape index (κ2) is 11.3. The van der Waals surface area contributed by atoms with E-state index in [-0.39, 0.29) is 5.04 Å². The van der Waals surface area contributed by atoms with Crippen LogP contribution < -0.4 is 9.16 Å². The van der Waals surface area contributed by atoms with Crippen molar-refractivity contribution in [2.24, 2.45) is 0 Å². The highest BCUT2D eigenvalue weighted by molar-refractivity contribution is 6.74. The largest absolute Gasteiger partial charge is 0.544 e. The molecule has 4 nitrogen and oxygen atoms in total. The van der Waals surface area contributed by atoms with Crippen molar-refractivity contribution in [1.29, 1.82) is 0 Å². The Balaban J connectivity index is 1.66. The van der Waals surface area contributed by atoms with Crippen molar-refractivity contribution < 1.29 is 14.4 Å². The number of benzene rings is 2. The summed E-state index contributed by atoms with van der Waals surface area (Å²) >= 11 is 0. The van der Waals surface area contributed by atoms with Crippen molar-refractivity contribution in [2.75, 3.05) is 6.61 Å². The Morgan fingerprint density at radius 2 is 1.28 bits per heavy atom. The Morgan fingerprint density at radius 3 is 1.75 bits per heavy atom. The van der Waals surface area contributed by atoms with Crippen LogP contribution in [-0.4, -0.2) is 20.0 Å². The zero-order valence-electron chi connectivity index (χ0n) is 23.9. The third-order valence-electron chi connectivity index (χ3n) is 8.64. The summed E-state index contributed by atoms with van der Waals surface area (Å²) in [5, 5.41) is 15.3. The Kier molecular flexibility index (Phi) is 9.01. The van der Waals surface area contributed by atoms with Gasteiger partial charge in [-0.15, -0.1) is 10.3 Å². The molecule has 0 aromatic heterocycles. The average Bonchev–Trinajstić information content (AvgIpc) is 3.07. The molecule has 0 amide bonds. The van der Waals surface area contributed by atoms with Crippen molar-refractivity contribution in [2.45, 2.75) is 116 Å². The molecule has 2 aromatic rings. The first-order valence-corrected chi connectivity index (χ1v) is 16.7. The monoisotopic (exact) mass is 510 g/mol. The van der Waals surface area contributed by atoms with Crippen LogP contribution in [0.25, 0.3) is 0 Å². The molecule has 1 radical (unpaired) electrons. The summed E-state index contributed by atoms with van der Waals surface area (Å²) in [5.41, 5.74) is 0.961. The minimum Gasteiger partial charge on any atom is -0.544 e. The number of hydrogen-bond donors (Lipinski definition) is 0. The molecule has 0 spiro atoms. The number of nitrogens with zero attached hydrogens (tertiary/aromatic N) is 1. The van der Waals surface area contributed by atoms with Gasteiger partial charge in [-0.1, -0.05) is 77.6 Å². The summed E-state index contributed by atoms with van der Waals surface area (Å²) in [6.45, 7) is 18.4. The first-order chi connectivity index (χ1) is 16.8. The number of rotatable bonds is 11. The molecule has 199 valence electrons. The maximum Gasteiger partial charge on any atom is 0.250 e. The van der Waals surface area contributed by atoms with Gasteiger partial charge in [-0.25, -0.2) is 0 Å². The Labute approximate surface area is 221 Å². The zero-order chi connectivity index (χ0) is 26.6. The van der Waals surface area contributed by atoms with Gasteiger partial charge in [-0.2, -0.15) is 0 Å².